The van der Waals surface area contributed by atoms with Crippen molar-refractivity contribution in [3.8, 4) is 0 Å². The van der Waals surface area contributed by atoms with E-state index in [1.165, 1.54) is 12.5 Å². The van der Waals surface area contributed by atoms with Crippen LogP contribution in [0.5, 0.6) is 0 Å². The Balaban J connectivity index is 1.92. The van der Waals surface area contributed by atoms with Crippen molar-refractivity contribution in [1.82, 2.24) is 0 Å². The molecule has 4 heteroatoms. The zero-order valence-electron chi connectivity index (χ0n) is 12.8. The minimum Gasteiger partial charge on any atom is -0.462 e. The lowest BCUT2D eigenvalue weighted by molar-refractivity contribution is -0.147. The molecule has 0 aromatic carbocycles. The molecule has 114 valence electrons. The predicted octanol–water partition coefficient (Wildman–Crippen LogP) is 2.64. The average Bonchev–Trinajstić information content (AvgIpc) is 2.78. The summed E-state index contributed by atoms with van der Waals surface area (Å²) in [6, 6.07) is 0. The molecule has 4 nitrogen and oxygen atoms in total. The molecule has 21 heavy (non-hydrogen) atoms. The molecule has 1 saturated carbocycles. The maximum absolute atomic E-state index is 11.7. The molecule has 0 radical (unpaired) electrons. The lowest BCUT2D eigenvalue weighted by atomic mass is 9.86. The first-order valence-electron chi connectivity index (χ1n) is 7.67. The van der Waals surface area contributed by atoms with Gasteiger partial charge in [0.1, 0.15) is 12.2 Å². The van der Waals surface area contributed by atoms with Gasteiger partial charge in [-0.2, -0.15) is 0 Å². The molecular formula is C17H22O4. The van der Waals surface area contributed by atoms with Crippen molar-refractivity contribution in [3.05, 3.63) is 23.8 Å². The Bertz CT molecular complexity index is 533. The number of hydrogen-bond donors (Lipinski definition) is 0. The summed E-state index contributed by atoms with van der Waals surface area (Å²) < 4.78 is 10.9. The Kier molecular flexibility index (Phi) is 3.42. The van der Waals surface area contributed by atoms with Gasteiger partial charge in [0.05, 0.1) is 0 Å². The van der Waals surface area contributed by atoms with E-state index in [1.807, 2.05) is 0 Å². The van der Waals surface area contributed by atoms with Crippen molar-refractivity contribution in [2.45, 2.75) is 45.8 Å². The van der Waals surface area contributed by atoms with Gasteiger partial charge in [0.2, 0.25) is 0 Å². The molecule has 1 saturated heterocycles. The van der Waals surface area contributed by atoms with Crippen LogP contribution in [-0.2, 0) is 19.1 Å². The minimum absolute atomic E-state index is 0.0153. The minimum atomic E-state index is -0.269. The highest BCUT2D eigenvalue weighted by Crippen LogP contribution is 2.49. The molecule has 0 aromatic rings. The van der Waals surface area contributed by atoms with E-state index in [4.69, 9.17) is 9.47 Å². The SMILES string of the molecule is C=C1C(=O)O[C@H]2C[C@H](C)[C@@H]3C[C@H](OC(C)=O)[C@H](C)C3=C[C@H]12. The first-order chi connectivity index (χ1) is 9.88. The Hall–Kier alpha value is -1.58. The third-order valence-corrected chi connectivity index (χ3v) is 5.30. The Morgan fingerprint density at radius 1 is 1.38 bits per heavy atom. The summed E-state index contributed by atoms with van der Waals surface area (Å²) in [6.45, 7) is 9.64. The predicted molar refractivity (Wildman–Crippen MR) is 77.2 cm³/mol. The van der Waals surface area contributed by atoms with Gasteiger partial charge in [-0.3, -0.25) is 4.79 Å². The maximum atomic E-state index is 11.7. The van der Waals surface area contributed by atoms with Crippen molar-refractivity contribution in [3.63, 3.8) is 0 Å². The van der Waals surface area contributed by atoms with Crippen LogP contribution in [0.3, 0.4) is 0 Å². The van der Waals surface area contributed by atoms with E-state index < -0.39 is 0 Å². The summed E-state index contributed by atoms with van der Waals surface area (Å²) in [5.41, 5.74) is 1.86. The van der Waals surface area contributed by atoms with E-state index >= 15 is 0 Å². The lowest BCUT2D eigenvalue weighted by Gasteiger charge is -2.21. The van der Waals surface area contributed by atoms with Crippen molar-refractivity contribution >= 4 is 11.9 Å². The highest BCUT2D eigenvalue weighted by molar-refractivity contribution is 5.91. The Morgan fingerprint density at radius 2 is 2.10 bits per heavy atom. The standard InChI is InChI=1S/C17H22O4/c1-8-5-16-14(10(3)17(19)21-16)6-13-9(2)15(7-12(8)13)20-11(4)18/h6,8-9,12,14-16H,3,5,7H2,1-2,4H3/t8-,9+,12-,14+,15-,16-/m0/s1. The third-order valence-electron chi connectivity index (χ3n) is 5.30. The number of fused-ring (bicyclic) bond motifs is 2. The Labute approximate surface area is 125 Å². The van der Waals surface area contributed by atoms with Crippen LogP contribution < -0.4 is 0 Å². The third kappa shape index (κ3) is 2.30. The second-order valence-electron chi connectivity index (χ2n) is 6.65. The van der Waals surface area contributed by atoms with Crippen molar-refractivity contribution < 1.29 is 19.1 Å². The normalized spacial score (nSPS) is 41.8. The zero-order valence-corrected chi connectivity index (χ0v) is 12.8. The van der Waals surface area contributed by atoms with Gasteiger partial charge in [-0.25, -0.2) is 4.79 Å². The van der Waals surface area contributed by atoms with Crippen LogP contribution >= 0.6 is 0 Å². The molecule has 0 bridgehead atoms. The van der Waals surface area contributed by atoms with Crippen molar-refractivity contribution in [1.29, 1.82) is 0 Å². The molecule has 1 heterocycles. The summed E-state index contributed by atoms with van der Waals surface area (Å²) in [6.07, 6.45) is 3.76. The summed E-state index contributed by atoms with van der Waals surface area (Å²) in [5.74, 6) is 0.504. The van der Waals surface area contributed by atoms with Crippen LogP contribution in [-0.4, -0.2) is 24.1 Å². The van der Waals surface area contributed by atoms with Gasteiger partial charge in [-0.1, -0.05) is 32.1 Å². The second kappa shape index (κ2) is 5.00. The van der Waals surface area contributed by atoms with Gasteiger partial charge in [-0.05, 0) is 24.7 Å². The van der Waals surface area contributed by atoms with E-state index in [1.54, 1.807) is 0 Å². The number of rotatable bonds is 1. The van der Waals surface area contributed by atoms with Crippen LogP contribution in [0.1, 0.15) is 33.6 Å². The summed E-state index contributed by atoms with van der Waals surface area (Å²) in [7, 11) is 0. The first-order valence-corrected chi connectivity index (χ1v) is 7.67. The van der Waals surface area contributed by atoms with Gasteiger partial charge >= 0.3 is 11.9 Å². The molecule has 3 aliphatic rings. The second-order valence-corrected chi connectivity index (χ2v) is 6.65. The van der Waals surface area contributed by atoms with E-state index in [9.17, 15) is 9.59 Å². The molecule has 1 aliphatic heterocycles. The van der Waals surface area contributed by atoms with Crippen LogP contribution in [0, 0.1) is 23.7 Å². The molecule has 0 N–H and O–H groups in total. The van der Waals surface area contributed by atoms with Gasteiger partial charge in [0.25, 0.3) is 0 Å². The first kappa shape index (κ1) is 14.4. The van der Waals surface area contributed by atoms with Crippen LogP contribution in [0.4, 0.5) is 0 Å². The van der Waals surface area contributed by atoms with Crippen LogP contribution in [0.25, 0.3) is 0 Å². The van der Waals surface area contributed by atoms with Crippen LogP contribution in [0.2, 0.25) is 0 Å². The molecule has 2 fully saturated rings. The molecule has 2 aliphatic carbocycles. The number of ether oxygens (including phenoxy) is 2. The number of hydrogen-bond acceptors (Lipinski definition) is 4. The zero-order chi connectivity index (χ0) is 15.3. The van der Waals surface area contributed by atoms with Gasteiger partial charge in [-0.15, -0.1) is 0 Å². The fraction of sp³-hybridized carbons (Fsp3) is 0.647. The van der Waals surface area contributed by atoms with E-state index in [0.29, 0.717) is 17.4 Å². The summed E-state index contributed by atoms with van der Waals surface area (Å²) >= 11 is 0. The quantitative estimate of drug-likeness (QED) is 0.423. The van der Waals surface area contributed by atoms with E-state index in [2.05, 4.69) is 26.5 Å². The maximum Gasteiger partial charge on any atom is 0.334 e. The number of carbonyl (C=O) groups is 2. The van der Waals surface area contributed by atoms with E-state index in [0.717, 1.165) is 12.8 Å². The Morgan fingerprint density at radius 3 is 2.76 bits per heavy atom. The van der Waals surface area contributed by atoms with Gasteiger partial charge in [0.15, 0.2) is 0 Å². The lowest BCUT2D eigenvalue weighted by Crippen LogP contribution is -2.22. The summed E-state index contributed by atoms with van der Waals surface area (Å²) in [5, 5.41) is 0. The number of esters is 2. The molecular weight excluding hydrogens is 268 g/mol. The van der Waals surface area contributed by atoms with Crippen molar-refractivity contribution in [2.75, 3.05) is 0 Å². The van der Waals surface area contributed by atoms with Crippen molar-refractivity contribution in [2.24, 2.45) is 23.7 Å². The monoisotopic (exact) mass is 290 g/mol. The number of carbonyl (C=O) groups excluding carboxylic acids is 2. The molecule has 0 unspecified atom stereocenters. The van der Waals surface area contributed by atoms with E-state index in [-0.39, 0.29) is 36.0 Å². The van der Waals surface area contributed by atoms with Gasteiger partial charge < -0.3 is 9.47 Å². The van der Waals surface area contributed by atoms with Gasteiger partial charge in [0, 0.05) is 24.3 Å². The molecule has 3 rings (SSSR count). The topological polar surface area (TPSA) is 52.6 Å². The van der Waals surface area contributed by atoms with Crippen LogP contribution in [0.15, 0.2) is 23.8 Å². The fourth-order valence-electron chi connectivity index (χ4n) is 4.13. The largest absolute Gasteiger partial charge is 0.462 e. The molecule has 0 spiro atoms. The molecule has 6 atom stereocenters. The highest BCUT2D eigenvalue weighted by atomic mass is 16.6. The average molecular weight is 290 g/mol. The molecule has 0 aromatic heterocycles. The highest BCUT2D eigenvalue weighted by Gasteiger charge is 2.47. The fourth-order valence-corrected chi connectivity index (χ4v) is 4.13. The smallest absolute Gasteiger partial charge is 0.334 e. The summed E-state index contributed by atoms with van der Waals surface area (Å²) in [4.78, 5) is 23.0. The molecule has 0 amide bonds.